The Hall–Kier alpha value is -3.64. The fraction of sp³-hybridized carbons (Fsp3) is 0.0667. The van der Waals surface area contributed by atoms with Crippen LogP contribution in [-0.2, 0) is 0 Å². The summed E-state index contributed by atoms with van der Waals surface area (Å²) in [5.41, 5.74) is 10.4. The van der Waals surface area contributed by atoms with Gasteiger partial charge in [0.2, 0.25) is 0 Å². The molecule has 144 valence electrons. The molecule has 0 nitrogen and oxygen atoms in total. The van der Waals surface area contributed by atoms with Gasteiger partial charge < -0.3 is 0 Å². The van der Waals surface area contributed by atoms with E-state index in [2.05, 4.69) is 121 Å². The zero-order chi connectivity index (χ0) is 20.2. The third kappa shape index (κ3) is 3.65. The second kappa shape index (κ2) is 8.39. The molecule has 0 spiro atoms. The van der Waals surface area contributed by atoms with Crippen molar-refractivity contribution in [3.63, 3.8) is 0 Å². The monoisotopic (exact) mass is 384 g/mol. The van der Waals surface area contributed by atoms with Crippen molar-refractivity contribution in [2.24, 2.45) is 0 Å². The van der Waals surface area contributed by atoms with Crippen LogP contribution in [0.3, 0.4) is 0 Å². The van der Waals surface area contributed by atoms with Gasteiger partial charge in [-0.1, -0.05) is 121 Å². The molecule has 1 aliphatic rings. The Kier molecular flexibility index (Phi) is 5.14. The lowest BCUT2D eigenvalue weighted by molar-refractivity contribution is 1.05. The van der Waals surface area contributed by atoms with Gasteiger partial charge in [-0.2, -0.15) is 0 Å². The van der Waals surface area contributed by atoms with Crippen molar-refractivity contribution >= 4 is 5.57 Å². The molecule has 0 amide bonds. The molecule has 0 unspecified atom stereocenters. The van der Waals surface area contributed by atoms with Gasteiger partial charge in [0.1, 0.15) is 0 Å². The Morgan fingerprint density at radius 3 is 1.43 bits per heavy atom. The minimum Gasteiger partial charge on any atom is -0.0842 e. The van der Waals surface area contributed by atoms with Gasteiger partial charge in [0, 0.05) is 0 Å². The molecule has 0 fully saturated rings. The maximum atomic E-state index is 2.26. The summed E-state index contributed by atoms with van der Waals surface area (Å²) >= 11 is 0. The van der Waals surface area contributed by atoms with Crippen LogP contribution in [0.2, 0.25) is 0 Å². The second-order valence-corrected chi connectivity index (χ2v) is 7.69. The smallest absolute Gasteiger partial charge is 0.0105 e. The minimum atomic E-state index is 1.11. The quantitative estimate of drug-likeness (QED) is 0.331. The predicted octanol–water partition coefficient (Wildman–Crippen LogP) is 8.42. The first-order valence-corrected chi connectivity index (χ1v) is 10.6. The van der Waals surface area contributed by atoms with Crippen molar-refractivity contribution in [3.05, 3.63) is 127 Å². The lowest BCUT2D eigenvalue weighted by Gasteiger charge is -2.15. The maximum Gasteiger partial charge on any atom is -0.0105 e. The van der Waals surface area contributed by atoms with E-state index in [4.69, 9.17) is 0 Å². The molecule has 0 saturated carbocycles. The molecule has 30 heavy (non-hydrogen) atoms. The fourth-order valence-electron chi connectivity index (χ4n) is 4.28. The highest BCUT2D eigenvalue weighted by Crippen LogP contribution is 2.36. The van der Waals surface area contributed by atoms with Crippen molar-refractivity contribution in [3.8, 4) is 33.4 Å². The molecule has 1 aliphatic carbocycles. The molecular formula is C30H24. The molecule has 0 N–H and O–H groups in total. The zero-order valence-corrected chi connectivity index (χ0v) is 17.0. The van der Waals surface area contributed by atoms with Crippen molar-refractivity contribution < 1.29 is 0 Å². The van der Waals surface area contributed by atoms with E-state index in [-0.39, 0.29) is 0 Å². The summed E-state index contributed by atoms with van der Waals surface area (Å²) < 4.78 is 0. The normalized spacial score (nSPS) is 13.1. The van der Waals surface area contributed by atoms with Crippen molar-refractivity contribution in [1.82, 2.24) is 0 Å². The summed E-state index contributed by atoms with van der Waals surface area (Å²) in [6.07, 6.45) is 8.91. The third-order valence-electron chi connectivity index (χ3n) is 5.81. The van der Waals surface area contributed by atoms with E-state index in [1.807, 2.05) is 0 Å². The number of rotatable bonds is 4. The summed E-state index contributed by atoms with van der Waals surface area (Å²) in [6.45, 7) is 0. The highest BCUT2D eigenvalue weighted by atomic mass is 14.2. The average molecular weight is 385 g/mol. The molecule has 4 aromatic rings. The third-order valence-corrected chi connectivity index (χ3v) is 5.81. The van der Waals surface area contributed by atoms with Gasteiger partial charge in [-0.05, 0) is 57.4 Å². The lowest BCUT2D eigenvalue weighted by atomic mass is 9.89. The van der Waals surface area contributed by atoms with Gasteiger partial charge in [0.05, 0.1) is 0 Å². The highest BCUT2D eigenvalue weighted by Gasteiger charge is 2.11. The standard InChI is InChI=1S/C30H24/c1-3-11-23(12-4-1)27-15-7-9-17-29(27)25-19-21-26(22-20-25)30-18-10-8-16-28(30)24-13-5-2-6-14-24/h1-5,7-13,15-22H,6,14H2. The number of benzene rings is 4. The zero-order valence-electron chi connectivity index (χ0n) is 17.0. The average Bonchev–Trinajstić information content (AvgIpc) is 2.85. The Morgan fingerprint density at radius 1 is 0.433 bits per heavy atom. The van der Waals surface area contributed by atoms with Crippen LogP contribution in [0, 0.1) is 0 Å². The van der Waals surface area contributed by atoms with Crippen LogP contribution < -0.4 is 0 Å². The van der Waals surface area contributed by atoms with E-state index >= 15 is 0 Å². The van der Waals surface area contributed by atoms with Gasteiger partial charge >= 0.3 is 0 Å². The first kappa shape index (κ1) is 18.4. The maximum absolute atomic E-state index is 2.26. The molecule has 0 heteroatoms. The first-order chi connectivity index (χ1) is 14.9. The molecule has 0 atom stereocenters. The van der Waals surface area contributed by atoms with Crippen LogP contribution in [0.1, 0.15) is 18.4 Å². The first-order valence-electron chi connectivity index (χ1n) is 10.6. The molecule has 0 saturated heterocycles. The molecule has 0 heterocycles. The Balaban J connectivity index is 1.53. The summed E-state index contributed by atoms with van der Waals surface area (Å²) in [6, 6.07) is 37.1. The largest absolute Gasteiger partial charge is 0.0842 e. The van der Waals surface area contributed by atoms with Gasteiger partial charge in [-0.3, -0.25) is 0 Å². The van der Waals surface area contributed by atoms with Gasteiger partial charge in [0.25, 0.3) is 0 Å². The Morgan fingerprint density at radius 2 is 0.900 bits per heavy atom. The van der Waals surface area contributed by atoms with E-state index in [9.17, 15) is 0 Å². The van der Waals surface area contributed by atoms with Crippen LogP contribution in [0.4, 0.5) is 0 Å². The van der Waals surface area contributed by atoms with Gasteiger partial charge in [-0.15, -0.1) is 0 Å². The molecule has 0 radical (unpaired) electrons. The number of hydrogen-bond donors (Lipinski definition) is 0. The second-order valence-electron chi connectivity index (χ2n) is 7.69. The van der Waals surface area contributed by atoms with Gasteiger partial charge in [-0.25, -0.2) is 0 Å². The van der Waals surface area contributed by atoms with E-state index in [1.165, 1.54) is 44.5 Å². The van der Waals surface area contributed by atoms with Gasteiger partial charge in [0.15, 0.2) is 0 Å². The lowest BCUT2D eigenvalue weighted by Crippen LogP contribution is -1.92. The van der Waals surface area contributed by atoms with Crippen LogP contribution in [-0.4, -0.2) is 0 Å². The van der Waals surface area contributed by atoms with Crippen molar-refractivity contribution in [2.75, 3.05) is 0 Å². The number of allylic oxidation sites excluding steroid dienone is 4. The minimum absolute atomic E-state index is 1.11. The highest BCUT2D eigenvalue weighted by molar-refractivity contribution is 5.86. The molecule has 0 aliphatic heterocycles. The van der Waals surface area contributed by atoms with Crippen LogP contribution >= 0.6 is 0 Å². The summed E-state index contributed by atoms with van der Waals surface area (Å²) in [4.78, 5) is 0. The van der Waals surface area contributed by atoms with E-state index < -0.39 is 0 Å². The summed E-state index contributed by atoms with van der Waals surface area (Å²) in [5, 5.41) is 0. The molecule has 5 rings (SSSR count). The topological polar surface area (TPSA) is 0 Å². The summed E-state index contributed by atoms with van der Waals surface area (Å²) in [5.74, 6) is 0. The van der Waals surface area contributed by atoms with E-state index in [0.717, 1.165) is 12.8 Å². The SMILES string of the molecule is C1=CCCC(c2ccccc2-c2ccc(-c3ccccc3-c3ccccc3)cc2)=C1. The molecule has 4 aromatic carbocycles. The molecule has 0 aromatic heterocycles. The van der Waals surface area contributed by atoms with Crippen LogP contribution in [0.15, 0.2) is 121 Å². The van der Waals surface area contributed by atoms with E-state index in [1.54, 1.807) is 0 Å². The fourth-order valence-corrected chi connectivity index (χ4v) is 4.28. The molecule has 0 bridgehead atoms. The van der Waals surface area contributed by atoms with Crippen molar-refractivity contribution in [2.45, 2.75) is 12.8 Å². The molecular weight excluding hydrogens is 360 g/mol. The van der Waals surface area contributed by atoms with Crippen LogP contribution in [0.25, 0.3) is 39.0 Å². The van der Waals surface area contributed by atoms with E-state index in [0.29, 0.717) is 0 Å². The predicted molar refractivity (Wildman–Crippen MR) is 129 cm³/mol. The van der Waals surface area contributed by atoms with Crippen LogP contribution in [0.5, 0.6) is 0 Å². The Bertz CT molecular complexity index is 1210. The van der Waals surface area contributed by atoms with Crippen molar-refractivity contribution in [1.29, 1.82) is 0 Å². The number of hydrogen-bond acceptors (Lipinski definition) is 0. The Labute approximate surface area is 178 Å². The summed E-state index contributed by atoms with van der Waals surface area (Å²) in [7, 11) is 0.